The molecule has 2 fully saturated rings. The third-order valence-corrected chi connectivity index (χ3v) is 10.5. The second-order valence-electron chi connectivity index (χ2n) is 15.3. The van der Waals surface area contributed by atoms with Crippen molar-refractivity contribution in [2.75, 3.05) is 30.3 Å². The molecule has 0 bridgehead atoms. The molecule has 24 heteroatoms. The molecule has 3 aliphatic heterocycles. The van der Waals surface area contributed by atoms with Gasteiger partial charge < -0.3 is 56.4 Å². The summed E-state index contributed by atoms with van der Waals surface area (Å²) in [6.07, 6.45) is -2.63. The van der Waals surface area contributed by atoms with Gasteiger partial charge in [0.1, 0.15) is 54.9 Å². The summed E-state index contributed by atoms with van der Waals surface area (Å²) in [5.41, 5.74) is 1.51. The molecule has 336 valence electrons. The molecule has 0 saturated carbocycles. The number of ketones is 1. The van der Waals surface area contributed by atoms with E-state index in [1.165, 1.54) is 31.7 Å². The monoisotopic (exact) mass is 877 g/mol. The van der Waals surface area contributed by atoms with E-state index in [2.05, 4.69) is 46.5 Å². The molecule has 3 aliphatic rings. The maximum atomic E-state index is 13.5. The first-order valence-corrected chi connectivity index (χ1v) is 19.9. The smallest absolute Gasteiger partial charge is 0.411 e. The fraction of sp³-hybridized carbons (Fsp3) is 0.462. The number of nitrogens with one attached hydrogen (secondary N) is 6. The van der Waals surface area contributed by atoms with Gasteiger partial charge in [0.25, 0.3) is 11.8 Å². The second-order valence-corrected chi connectivity index (χ2v) is 15.3. The zero-order valence-corrected chi connectivity index (χ0v) is 34.2. The van der Waals surface area contributed by atoms with Crippen molar-refractivity contribution >= 4 is 70.0 Å². The van der Waals surface area contributed by atoms with Crippen LogP contribution in [0.4, 0.5) is 16.3 Å². The van der Waals surface area contributed by atoms with Gasteiger partial charge >= 0.3 is 6.09 Å². The number of carbonyl (C=O) groups is 8. The number of fused-ring (bicyclic) bond motifs is 1. The zero-order chi connectivity index (χ0) is 45.5. The van der Waals surface area contributed by atoms with Crippen LogP contribution in [0.5, 0.6) is 0 Å². The van der Waals surface area contributed by atoms with Crippen molar-refractivity contribution < 1.29 is 63.1 Å². The highest BCUT2D eigenvalue weighted by Gasteiger charge is 2.48. The lowest BCUT2D eigenvalue weighted by Gasteiger charge is -2.43. The molecular weight excluding hydrogens is 830 g/mol. The quantitative estimate of drug-likeness (QED) is 0.0676. The number of Topliss-reactive ketones (excluding diaryl/α,β-unsaturated/α-hetero) is 1. The summed E-state index contributed by atoms with van der Waals surface area (Å²) in [5, 5.41) is 45.2. The highest BCUT2D eigenvalue weighted by molar-refractivity contribution is 6.13. The highest BCUT2D eigenvalue weighted by Crippen LogP contribution is 2.26. The Labute approximate surface area is 358 Å². The number of aromatic nitrogens is 4. The summed E-state index contributed by atoms with van der Waals surface area (Å²) in [7, 11) is 0. The summed E-state index contributed by atoms with van der Waals surface area (Å²) >= 11 is 0. The Bertz CT molecular complexity index is 2250. The van der Waals surface area contributed by atoms with E-state index in [0.717, 1.165) is 22.0 Å². The molecule has 2 saturated heterocycles. The van der Waals surface area contributed by atoms with Gasteiger partial charge in [-0.15, -0.1) is 0 Å². The van der Waals surface area contributed by atoms with E-state index in [-0.39, 0.29) is 37.7 Å². The zero-order valence-electron chi connectivity index (χ0n) is 34.2. The van der Waals surface area contributed by atoms with Gasteiger partial charge in [-0.3, -0.25) is 43.4 Å². The Balaban J connectivity index is 0.964. The van der Waals surface area contributed by atoms with E-state index in [1.54, 1.807) is 26.0 Å². The Morgan fingerprint density at radius 3 is 2.35 bits per heavy atom. The molecular formula is C39H47N11O13. The Hall–Kier alpha value is -6.89. The first-order chi connectivity index (χ1) is 30.0. The number of rotatable bonds is 16. The van der Waals surface area contributed by atoms with Gasteiger partial charge in [-0.25, -0.2) is 19.7 Å². The summed E-state index contributed by atoms with van der Waals surface area (Å²) in [6, 6.07) is 1.36. The molecule has 1 aromatic carbocycles. The van der Waals surface area contributed by atoms with Crippen molar-refractivity contribution in [1.29, 1.82) is 0 Å². The maximum Gasteiger partial charge on any atom is 0.411 e. The van der Waals surface area contributed by atoms with Crippen molar-refractivity contribution in [3.8, 4) is 0 Å². The highest BCUT2D eigenvalue weighted by atomic mass is 16.6. The Morgan fingerprint density at radius 2 is 1.67 bits per heavy atom. The van der Waals surface area contributed by atoms with Crippen molar-refractivity contribution in [2.45, 2.75) is 88.9 Å². The summed E-state index contributed by atoms with van der Waals surface area (Å²) < 4.78 is 11.2. The van der Waals surface area contributed by atoms with Gasteiger partial charge in [-0.2, -0.15) is 0 Å². The first kappa shape index (κ1) is 45.6. The number of likely N-dealkylation sites (tertiary alicyclic amines) is 1. The molecule has 3 aromatic rings. The minimum Gasteiger partial charge on any atom is -0.445 e. The van der Waals surface area contributed by atoms with E-state index in [9.17, 15) is 53.7 Å². The molecule has 24 nitrogen and oxygen atoms in total. The molecule has 5 heterocycles. The predicted molar refractivity (Wildman–Crippen MR) is 215 cm³/mol. The molecule has 0 radical (unpaired) electrons. The Kier molecular flexibility index (Phi) is 14.4. The lowest BCUT2D eigenvalue weighted by Crippen LogP contribution is -2.67. The van der Waals surface area contributed by atoms with Crippen LogP contribution in [-0.4, -0.2) is 161 Å². The number of nitrogens with zero attached hydrogens (tertiary/aromatic N) is 5. The number of imide groups is 1. The van der Waals surface area contributed by atoms with E-state index in [0.29, 0.717) is 22.4 Å². The maximum absolute atomic E-state index is 13.5. The molecule has 6 rings (SSSR count). The van der Waals surface area contributed by atoms with Gasteiger partial charge in [0.2, 0.25) is 23.6 Å². The fourth-order valence-electron chi connectivity index (χ4n) is 6.98. The van der Waals surface area contributed by atoms with Crippen LogP contribution in [0.3, 0.4) is 0 Å². The largest absolute Gasteiger partial charge is 0.445 e. The molecule has 0 aliphatic carbocycles. The second kappa shape index (κ2) is 19.9. The van der Waals surface area contributed by atoms with Crippen molar-refractivity contribution in [2.24, 2.45) is 5.92 Å². The van der Waals surface area contributed by atoms with Gasteiger partial charge in [0.05, 0.1) is 25.5 Å². The summed E-state index contributed by atoms with van der Waals surface area (Å²) in [4.78, 5) is 118. The average molecular weight is 878 g/mol. The van der Waals surface area contributed by atoms with E-state index in [4.69, 9.17) is 9.47 Å². The average Bonchev–Trinajstić information content (AvgIpc) is 3.99. The number of aromatic amines is 1. The summed E-state index contributed by atoms with van der Waals surface area (Å²) in [6.45, 7) is 3.26. The number of anilines is 2. The van der Waals surface area contributed by atoms with Crippen molar-refractivity contribution in [3.05, 3.63) is 54.6 Å². The predicted octanol–water partition coefficient (Wildman–Crippen LogP) is -2.43. The van der Waals surface area contributed by atoms with Crippen LogP contribution in [0.1, 0.15) is 39.2 Å². The molecule has 8 atom stereocenters. The molecule has 9 N–H and O–H groups in total. The molecule has 7 amide bonds. The van der Waals surface area contributed by atoms with E-state index < -0.39 is 109 Å². The normalized spacial score (nSPS) is 23.1. The number of imidazole rings is 1. The topological polar surface area (TPSA) is 337 Å². The number of hydrogen-bond acceptors (Lipinski definition) is 17. The third kappa shape index (κ3) is 10.8. The number of aliphatic hydroxyl groups excluding tert-OH is 3. The van der Waals surface area contributed by atoms with Gasteiger partial charge in [-0.1, -0.05) is 26.0 Å². The number of amides is 7. The lowest BCUT2D eigenvalue weighted by molar-refractivity contribution is -0.185. The van der Waals surface area contributed by atoms with Crippen LogP contribution < -0.4 is 26.6 Å². The fourth-order valence-corrected chi connectivity index (χ4v) is 6.98. The van der Waals surface area contributed by atoms with Crippen molar-refractivity contribution in [3.63, 3.8) is 0 Å². The number of benzene rings is 1. The van der Waals surface area contributed by atoms with Crippen LogP contribution in [0.2, 0.25) is 0 Å². The molecule has 63 heavy (non-hydrogen) atoms. The molecule has 0 unspecified atom stereocenters. The number of aliphatic hydroxyl groups is 3. The number of hydrogen-bond donors (Lipinski definition) is 9. The SMILES string of the molecule is CC(C)[C@H](NC(=O)CCN1C(=O)C=CC1=O)C(=O)N[C@@H](C)C(=O)Nc1ccc(COC(=O)N2CC(=O)C[C@@H]2C(=O)N[C@@H]2[C@@H](O)[C@H](O)[C@@H](Nc3ncnc4nc[nH]c34)O[C@H]2CO)cc1. The lowest BCUT2D eigenvalue weighted by atomic mass is 9.95. The minimum atomic E-state index is -1.68. The van der Waals surface area contributed by atoms with Gasteiger partial charge in [-0.05, 0) is 30.5 Å². The van der Waals surface area contributed by atoms with E-state index >= 15 is 0 Å². The van der Waals surface area contributed by atoms with Gasteiger partial charge in [0.15, 0.2) is 23.5 Å². The third-order valence-electron chi connectivity index (χ3n) is 10.5. The van der Waals surface area contributed by atoms with Crippen LogP contribution >= 0.6 is 0 Å². The molecule has 2 aromatic heterocycles. The molecule has 0 spiro atoms. The van der Waals surface area contributed by atoms with E-state index in [1.807, 2.05) is 0 Å². The van der Waals surface area contributed by atoms with Crippen LogP contribution in [0.15, 0.2) is 49.1 Å². The van der Waals surface area contributed by atoms with Crippen LogP contribution in [0.25, 0.3) is 11.2 Å². The minimum absolute atomic E-state index is 0.157. The van der Waals surface area contributed by atoms with Crippen LogP contribution in [-0.2, 0) is 49.6 Å². The van der Waals surface area contributed by atoms with Gasteiger partial charge in [0, 0.05) is 37.2 Å². The number of ether oxygens (including phenoxy) is 2. The number of carbonyl (C=O) groups excluding carboxylic acids is 8. The standard InChI is InChI=1S/C39H47N11O13/c1-18(2)28(46-25(53)10-11-49-26(54)8-9-27(49)55)37(60)44-19(3)35(58)45-21-6-4-20(5-7-21)15-62-39(61)50-13-22(52)12-23(50)36(59)47-29-24(14-51)63-38(32(57)31(29)56)48-34-30-33(41-16-40-30)42-17-43-34/h4-9,16-19,23-24,28-29,31-32,38,51,56-57H,10-15H2,1-3H3,(H,44,60)(H,45,58)(H,46,53)(H,47,59)(H2,40,41,42,43,48)/t19-,23+,24-,28-,29-,31+,32-,38-/m0/s1. The first-order valence-electron chi connectivity index (χ1n) is 19.9. The summed E-state index contributed by atoms with van der Waals surface area (Å²) in [5.74, 6) is -4.33. The van der Waals surface area contributed by atoms with Crippen molar-refractivity contribution in [1.82, 2.24) is 45.7 Å². The number of H-pyrrole nitrogens is 1. The Morgan fingerprint density at radius 1 is 0.952 bits per heavy atom. The van der Waals surface area contributed by atoms with Crippen LogP contribution in [0, 0.1) is 5.92 Å².